The number of hydrogen-bond donors (Lipinski definition) is 0. The molecule has 0 saturated heterocycles. The highest BCUT2D eigenvalue weighted by molar-refractivity contribution is 6.25. The summed E-state index contributed by atoms with van der Waals surface area (Å²) in [5.74, 6) is -1.19. The second kappa shape index (κ2) is 9.19. The van der Waals surface area contributed by atoms with E-state index in [9.17, 15) is 12.3 Å². The van der Waals surface area contributed by atoms with Gasteiger partial charge in [-0.1, -0.05) is 133 Å². The van der Waals surface area contributed by atoms with E-state index in [2.05, 4.69) is 0 Å². The van der Waals surface area contributed by atoms with E-state index in [-0.39, 0.29) is 37.7 Å². The van der Waals surface area contributed by atoms with Crippen molar-refractivity contribution < 1.29 is 40.4 Å². The maximum Gasteiger partial charge on any atom is 0.136 e. The fourth-order valence-corrected chi connectivity index (χ4v) is 6.20. The Morgan fingerprint density at radius 1 is 0.319 bits per heavy atom. The molecule has 0 radical (unpaired) electrons. The smallest absolute Gasteiger partial charge is 0.136 e. The molecule has 216 valence electrons. The van der Waals surface area contributed by atoms with Crippen molar-refractivity contribution in [3.8, 4) is 44.9 Å². The van der Waals surface area contributed by atoms with Crippen LogP contribution in [-0.4, -0.2) is 0 Å². The van der Waals surface area contributed by atoms with Gasteiger partial charge in [-0.15, -0.1) is 0 Å². The lowest BCUT2D eigenvalue weighted by molar-refractivity contribution is 0.488. The molecule has 0 bridgehead atoms. The first-order valence-electron chi connectivity index (χ1n) is 27.2. The minimum absolute atomic E-state index is 0.246. The zero-order chi connectivity index (χ0) is 53.3. The first-order chi connectivity index (χ1) is 34.2. The first kappa shape index (κ1) is 11.0. The van der Waals surface area contributed by atoms with Crippen LogP contribution in [0.3, 0.4) is 0 Å². The number of benzene rings is 10. The van der Waals surface area contributed by atoms with Gasteiger partial charge in [-0.05, 0) is 111 Å². The van der Waals surface area contributed by atoms with E-state index >= 15 is 0 Å². The van der Waals surface area contributed by atoms with E-state index < -0.39 is 229 Å². The lowest BCUT2D eigenvalue weighted by atomic mass is 9.88. The molecule has 47 heavy (non-hydrogen) atoms. The summed E-state index contributed by atoms with van der Waals surface area (Å²) in [6.45, 7) is 0. The van der Waals surface area contributed by atoms with Crippen molar-refractivity contribution in [3.05, 3.63) is 157 Å². The van der Waals surface area contributed by atoms with Gasteiger partial charge >= 0.3 is 0 Å². The third-order valence-electron chi connectivity index (χ3n) is 8.26. The molecule has 0 unspecified atom stereocenters. The highest BCUT2D eigenvalue weighted by Crippen LogP contribution is 2.50. The molecule has 1 heteroatoms. The third-order valence-corrected chi connectivity index (χ3v) is 8.26. The molecular weight excluding hydrogens is 569 g/mol. The molecule has 10 aromatic rings. The lowest BCUT2D eigenvalue weighted by Crippen LogP contribution is -1.98. The van der Waals surface area contributed by atoms with Crippen molar-refractivity contribution >= 4 is 64.6 Å². The van der Waals surface area contributed by atoms with Crippen LogP contribution in [0.15, 0.2) is 157 Å². The topological polar surface area (TPSA) is 9.23 Å². The van der Waals surface area contributed by atoms with Gasteiger partial charge in [0.05, 0.1) is 35.6 Å². The first-order valence-corrected chi connectivity index (χ1v) is 14.2. The minimum Gasteiger partial charge on any atom is -0.456 e. The standard InChI is InChI=1S/C46H26O/c1-2-10-35-31(6-1)26-43-46-38(35)12-5-13-39(46)41-25-33(19-23-42(41)47-43)34-11-4-9-30-24-32(18-21-36(30)34)37-20-16-29-15-14-27-7-3-8-28-17-22-40(37)45(29)44(27)28/h1-26H/i1D,2D,3D,4D,5D,6D,7D,8D,9D,10D,11D,12D,13D,14D,15D,16D,17D,18D,19D,20D,21D,22D,23D,24D,25D,26D. The molecule has 0 amide bonds. The van der Waals surface area contributed by atoms with Crippen molar-refractivity contribution in [2.45, 2.75) is 0 Å². The van der Waals surface area contributed by atoms with Crippen LogP contribution in [0.25, 0.3) is 98.0 Å². The van der Waals surface area contributed by atoms with Gasteiger partial charge in [0.15, 0.2) is 0 Å². The molecule has 0 atom stereocenters. The highest BCUT2D eigenvalue weighted by atomic mass is 16.5. The molecule has 1 aliphatic heterocycles. The summed E-state index contributed by atoms with van der Waals surface area (Å²) in [4.78, 5) is 0. The fourth-order valence-electron chi connectivity index (χ4n) is 6.20. The predicted molar refractivity (Wildman–Crippen MR) is 199 cm³/mol. The summed E-state index contributed by atoms with van der Waals surface area (Å²) >= 11 is 0. The molecule has 0 spiro atoms. The molecule has 1 heterocycles. The predicted octanol–water partition coefficient (Wildman–Crippen LogP) is 13.2. The van der Waals surface area contributed by atoms with E-state index in [0.29, 0.717) is 0 Å². The maximum atomic E-state index is 9.75. The minimum atomic E-state index is -0.981. The molecule has 0 N–H and O–H groups in total. The van der Waals surface area contributed by atoms with Crippen LogP contribution in [0.1, 0.15) is 35.6 Å². The van der Waals surface area contributed by atoms with Gasteiger partial charge in [0, 0.05) is 10.9 Å². The van der Waals surface area contributed by atoms with Crippen LogP contribution in [0.4, 0.5) is 0 Å². The second-order valence-corrected chi connectivity index (χ2v) is 10.8. The van der Waals surface area contributed by atoms with Crippen LogP contribution in [0, 0.1) is 0 Å². The van der Waals surface area contributed by atoms with E-state index in [4.69, 9.17) is 28.0 Å². The zero-order valence-electron chi connectivity index (χ0n) is 49.4. The van der Waals surface area contributed by atoms with Crippen LogP contribution in [0.5, 0.6) is 11.5 Å². The van der Waals surface area contributed by atoms with E-state index in [0.717, 1.165) is 0 Å². The third kappa shape index (κ3) is 3.49. The molecule has 1 nitrogen and oxygen atoms in total. The van der Waals surface area contributed by atoms with E-state index in [1.54, 1.807) is 0 Å². The second-order valence-electron chi connectivity index (χ2n) is 10.8. The Balaban J connectivity index is 1.29. The summed E-state index contributed by atoms with van der Waals surface area (Å²) < 4.78 is 241. The number of fused-ring (bicyclic) bond motifs is 5. The van der Waals surface area contributed by atoms with Crippen LogP contribution in [0.2, 0.25) is 0 Å². The molecule has 1 aliphatic rings. The Bertz CT molecular complexity index is 4390. The molecule has 0 saturated carbocycles. The molecule has 10 aromatic carbocycles. The van der Waals surface area contributed by atoms with Gasteiger partial charge in [-0.3, -0.25) is 0 Å². The van der Waals surface area contributed by atoms with Crippen LogP contribution in [-0.2, 0) is 0 Å². The van der Waals surface area contributed by atoms with Gasteiger partial charge in [-0.2, -0.15) is 0 Å². The number of ether oxygens (including phenoxy) is 1. The SMILES string of the molecule is [2H]c1c([2H])c(-c2c([2H])c([2H])c([2H])c3c([2H])c(-c4c([2H])c([2H])c5c([2H])c([2H])c6c([2H])c([2H])c([2H])c7c([2H])c([2H])c4c5c67)c([2H])c([2H])c23)c([2H])c2c1Oc1c([2H])c3c([2H])c([2H])c([2H])c([2H])c3c3c([2H])c([2H])c([2H])c-2c13. The molecule has 0 fully saturated rings. The largest absolute Gasteiger partial charge is 0.456 e. The average molecular weight is 621 g/mol. The summed E-state index contributed by atoms with van der Waals surface area (Å²) in [6.07, 6.45) is 0. The summed E-state index contributed by atoms with van der Waals surface area (Å²) in [7, 11) is 0. The molecular formula is C46H26O. The van der Waals surface area contributed by atoms with Crippen molar-refractivity contribution in [1.82, 2.24) is 0 Å². The normalized spacial score (nSPS) is 20.2. The van der Waals surface area contributed by atoms with E-state index in [1.807, 2.05) is 0 Å². The maximum absolute atomic E-state index is 9.75. The molecule has 0 aromatic heterocycles. The van der Waals surface area contributed by atoms with Gasteiger partial charge in [-0.25, -0.2) is 0 Å². The van der Waals surface area contributed by atoms with Crippen molar-refractivity contribution in [2.75, 3.05) is 0 Å². The van der Waals surface area contributed by atoms with Crippen molar-refractivity contribution in [2.24, 2.45) is 0 Å². The quantitative estimate of drug-likeness (QED) is 0.175. The highest BCUT2D eigenvalue weighted by Gasteiger charge is 2.22. The van der Waals surface area contributed by atoms with Crippen LogP contribution < -0.4 is 4.74 Å². The Kier molecular flexibility index (Phi) is 2.14. The van der Waals surface area contributed by atoms with Gasteiger partial charge in [0.2, 0.25) is 0 Å². The van der Waals surface area contributed by atoms with Crippen LogP contribution >= 0.6 is 0 Å². The monoisotopic (exact) mass is 620 g/mol. The summed E-state index contributed by atoms with van der Waals surface area (Å²) in [6, 6.07) is -21.0. The lowest BCUT2D eigenvalue weighted by Gasteiger charge is -2.23. The van der Waals surface area contributed by atoms with Gasteiger partial charge in [0.1, 0.15) is 11.5 Å². The Labute approximate surface area is 307 Å². The molecule has 11 rings (SSSR count). The summed E-state index contributed by atoms with van der Waals surface area (Å²) in [5.41, 5.74) is -3.80. The van der Waals surface area contributed by atoms with Crippen molar-refractivity contribution in [3.63, 3.8) is 0 Å². The van der Waals surface area contributed by atoms with Gasteiger partial charge < -0.3 is 4.74 Å². The van der Waals surface area contributed by atoms with E-state index in [1.165, 1.54) is 0 Å². The summed E-state index contributed by atoms with van der Waals surface area (Å²) in [5, 5.41) is -5.09. The Hall–Kier alpha value is -6.18. The van der Waals surface area contributed by atoms with Crippen molar-refractivity contribution in [1.29, 1.82) is 0 Å². The number of rotatable bonds is 2. The Morgan fingerprint density at radius 3 is 1.87 bits per heavy atom. The zero-order valence-corrected chi connectivity index (χ0v) is 23.4. The average Bonchev–Trinajstić information content (AvgIpc) is 3.35. The Morgan fingerprint density at radius 2 is 0.936 bits per heavy atom. The van der Waals surface area contributed by atoms with Gasteiger partial charge in [0.25, 0.3) is 0 Å². The fraction of sp³-hybridized carbons (Fsp3) is 0. The number of hydrogen-bond acceptors (Lipinski definition) is 1. The molecule has 0 aliphatic carbocycles.